The molecule has 120 valence electrons. The molecule has 3 rings (SSSR count). The van der Waals surface area contributed by atoms with Gasteiger partial charge < -0.3 is 0 Å². The van der Waals surface area contributed by atoms with Crippen LogP contribution in [-0.4, -0.2) is 19.3 Å². The average molecular weight is 322 g/mol. The highest BCUT2D eigenvalue weighted by Crippen LogP contribution is 2.30. The number of alkyl halides is 3. The molecule has 0 fully saturated rings. The highest BCUT2D eigenvalue weighted by molar-refractivity contribution is 5.76. The van der Waals surface area contributed by atoms with Crippen LogP contribution in [-0.2, 0) is 13.2 Å². The Morgan fingerprint density at radius 2 is 1.87 bits per heavy atom. The van der Waals surface area contributed by atoms with Crippen molar-refractivity contribution in [3.05, 3.63) is 51.7 Å². The average Bonchev–Trinajstić information content (AvgIpc) is 2.73. The standard InChI is InChI=1S/C15H13F3N4O/c1-8-12-13(21(3)20-8)14(23)22(9(2)19-12)11-6-4-5-10(7-11)15(16,17)18/h4-7H,1-3H3. The van der Waals surface area contributed by atoms with Crippen molar-refractivity contribution in [2.24, 2.45) is 7.05 Å². The molecule has 0 spiro atoms. The van der Waals surface area contributed by atoms with Gasteiger partial charge in [-0.05, 0) is 32.0 Å². The van der Waals surface area contributed by atoms with E-state index < -0.39 is 17.3 Å². The largest absolute Gasteiger partial charge is 0.416 e. The fraction of sp³-hybridized carbons (Fsp3) is 0.267. The van der Waals surface area contributed by atoms with Crippen molar-refractivity contribution in [1.82, 2.24) is 19.3 Å². The molecular formula is C15H13F3N4O. The van der Waals surface area contributed by atoms with Crippen molar-refractivity contribution >= 4 is 11.0 Å². The fourth-order valence-corrected chi connectivity index (χ4v) is 2.61. The van der Waals surface area contributed by atoms with E-state index in [1.54, 1.807) is 20.9 Å². The Morgan fingerprint density at radius 1 is 1.17 bits per heavy atom. The lowest BCUT2D eigenvalue weighted by atomic mass is 10.2. The molecule has 2 aromatic heterocycles. The molecule has 8 heteroatoms. The van der Waals surface area contributed by atoms with Crippen molar-refractivity contribution in [3.8, 4) is 5.69 Å². The molecule has 0 unspecified atom stereocenters. The highest BCUT2D eigenvalue weighted by atomic mass is 19.4. The Balaban J connectivity index is 2.33. The molecule has 0 saturated heterocycles. The Labute approximate surface area is 129 Å². The second-order valence-corrected chi connectivity index (χ2v) is 5.25. The second kappa shape index (κ2) is 4.94. The van der Waals surface area contributed by atoms with Gasteiger partial charge in [-0.25, -0.2) is 4.98 Å². The molecule has 0 radical (unpaired) electrons. The molecular weight excluding hydrogens is 309 g/mol. The lowest BCUT2D eigenvalue weighted by Crippen LogP contribution is -2.24. The summed E-state index contributed by atoms with van der Waals surface area (Å²) in [5.41, 5.74) is 0.163. The van der Waals surface area contributed by atoms with E-state index in [-0.39, 0.29) is 11.2 Å². The summed E-state index contributed by atoms with van der Waals surface area (Å²) in [4.78, 5) is 17.0. The van der Waals surface area contributed by atoms with Gasteiger partial charge in [-0.1, -0.05) is 6.07 Å². The van der Waals surface area contributed by atoms with Gasteiger partial charge in [-0.15, -0.1) is 0 Å². The molecule has 0 atom stereocenters. The summed E-state index contributed by atoms with van der Waals surface area (Å²) in [6.07, 6.45) is -4.48. The quantitative estimate of drug-likeness (QED) is 0.692. The molecule has 3 aromatic rings. The third kappa shape index (κ3) is 2.39. The third-order valence-corrected chi connectivity index (χ3v) is 3.63. The number of halogens is 3. The predicted molar refractivity (Wildman–Crippen MR) is 78.6 cm³/mol. The first-order chi connectivity index (χ1) is 10.7. The third-order valence-electron chi connectivity index (χ3n) is 3.63. The molecule has 0 aliphatic heterocycles. The van der Waals surface area contributed by atoms with Gasteiger partial charge in [0.2, 0.25) is 0 Å². The first kappa shape index (κ1) is 15.3. The highest BCUT2D eigenvalue weighted by Gasteiger charge is 2.30. The van der Waals surface area contributed by atoms with E-state index in [0.717, 1.165) is 12.1 Å². The van der Waals surface area contributed by atoms with E-state index in [1.807, 2.05) is 0 Å². The zero-order valence-corrected chi connectivity index (χ0v) is 12.6. The van der Waals surface area contributed by atoms with Crippen LogP contribution in [0.2, 0.25) is 0 Å². The molecule has 0 bridgehead atoms. The summed E-state index contributed by atoms with van der Waals surface area (Å²) in [6, 6.07) is 4.61. The zero-order chi connectivity index (χ0) is 16.9. The summed E-state index contributed by atoms with van der Waals surface area (Å²) in [6.45, 7) is 3.30. The maximum atomic E-state index is 12.9. The van der Waals surface area contributed by atoms with Crippen LogP contribution in [0.25, 0.3) is 16.7 Å². The smallest absolute Gasteiger partial charge is 0.266 e. The topological polar surface area (TPSA) is 52.7 Å². The number of aromatic nitrogens is 4. The van der Waals surface area contributed by atoms with Gasteiger partial charge in [0.25, 0.3) is 5.56 Å². The lowest BCUT2D eigenvalue weighted by molar-refractivity contribution is -0.137. The van der Waals surface area contributed by atoms with Gasteiger partial charge in [0.1, 0.15) is 11.3 Å². The van der Waals surface area contributed by atoms with E-state index in [4.69, 9.17) is 0 Å². The number of rotatable bonds is 1. The van der Waals surface area contributed by atoms with Crippen LogP contribution >= 0.6 is 0 Å². The van der Waals surface area contributed by atoms with Crippen LogP contribution in [0.5, 0.6) is 0 Å². The van der Waals surface area contributed by atoms with Crippen molar-refractivity contribution in [3.63, 3.8) is 0 Å². The summed E-state index contributed by atoms with van der Waals surface area (Å²) < 4.78 is 41.2. The van der Waals surface area contributed by atoms with Gasteiger partial charge in [-0.3, -0.25) is 14.0 Å². The number of hydrogen-bond donors (Lipinski definition) is 0. The van der Waals surface area contributed by atoms with Crippen LogP contribution < -0.4 is 5.56 Å². The summed E-state index contributed by atoms with van der Waals surface area (Å²) in [7, 11) is 1.60. The molecule has 0 amide bonds. The van der Waals surface area contributed by atoms with E-state index in [2.05, 4.69) is 10.1 Å². The van der Waals surface area contributed by atoms with Crippen molar-refractivity contribution in [2.45, 2.75) is 20.0 Å². The Bertz CT molecular complexity index is 969. The summed E-state index contributed by atoms with van der Waals surface area (Å²) in [5, 5.41) is 4.14. The van der Waals surface area contributed by atoms with Crippen LogP contribution in [0, 0.1) is 13.8 Å². The lowest BCUT2D eigenvalue weighted by Gasteiger charge is -2.12. The Hall–Kier alpha value is -2.64. The molecule has 2 heterocycles. The number of nitrogens with zero attached hydrogens (tertiary/aromatic N) is 4. The molecule has 0 N–H and O–H groups in total. The molecule has 0 aliphatic rings. The SMILES string of the molecule is Cc1nn(C)c2c(=O)n(-c3cccc(C(F)(F)F)c3)c(C)nc12. The van der Waals surface area contributed by atoms with Gasteiger partial charge in [0.15, 0.2) is 5.52 Å². The van der Waals surface area contributed by atoms with Crippen molar-refractivity contribution in [2.75, 3.05) is 0 Å². The predicted octanol–water partition coefficient (Wildman–Crippen LogP) is 2.75. The summed E-state index contributed by atoms with van der Waals surface area (Å²) >= 11 is 0. The maximum Gasteiger partial charge on any atom is 0.416 e. The number of aryl methyl sites for hydroxylation is 3. The molecule has 23 heavy (non-hydrogen) atoms. The second-order valence-electron chi connectivity index (χ2n) is 5.25. The number of benzene rings is 1. The minimum absolute atomic E-state index is 0.121. The molecule has 0 saturated carbocycles. The van der Waals surface area contributed by atoms with E-state index in [9.17, 15) is 18.0 Å². The van der Waals surface area contributed by atoms with Crippen LogP contribution in [0.15, 0.2) is 29.1 Å². The van der Waals surface area contributed by atoms with Gasteiger partial charge in [0.05, 0.1) is 16.9 Å². The van der Waals surface area contributed by atoms with Crippen LogP contribution in [0.4, 0.5) is 13.2 Å². The van der Waals surface area contributed by atoms with Crippen LogP contribution in [0.1, 0.15) is 17.1 Å². The van der Waals surface area contributed by atoms with Gasteiger partial charge in [-0.2, -0.15) is 18.3 Å². The normalized spacial score (nSPS) is 12.1. The first-order valence-electron chi connectivity index (χ1n) is 6.80. The minimum atomic E-state index is -4.48. The number of fused-ring (bicyclic) bond motifs is 1. The zero-order valence-electron chi connectivity index (χ0n) is 12.6. The first-order valence-corrected chi connectivity index (χ1v) is 6.80. The minimum Gasteiger partial charge on any atom is -0.266 e. The van der Waals surface area contributed by atoms with Crippen molar-refractivity contribution < 1.29 is 13.2 Å². The molecule has 0 aliphatic carbocycles. The van der Waals surface area contributed by atoms with E-state index in [1.165, 1.54) is 21.4 Å². The van der Waals surface area contributed by atoms with Gasteiger partial charge in [0, 0.05) is 7.05 Å². The fourth-order valence-electron chi connectivity index (χ4n) is 2.61. The summed E-state index contributed by atoms with van der Waals surface area (Å²) in [5.74, 6) is 0.304. The Kier molecular flexibility index (Phi) is 3.28. The Morgan fingerprint density at radius 3 is 2.52 bits per heavy atom. The van der Waals surface area contributed by atoms with E-state index >= 15 is 0 Å². The number of hydrogen-bond acceptors (Lipinski definition) is 3. The van der Waals surface area contributed by atoms with Crippen molar-refractivity contribution in [1.29, 1.82) is 0 Å². The molecule has 1 aromatic carbocycles. The maximum absolute atomic E-state index is 12.9. The van der Waals surface area contributed by atoms with E-state index in [0.29, 0.717) is 17.0 Å². The van der Waals surface area contributed by atoms with Crippen LogP contribution in [0.3, 0.4) is 0 Å². The van der Waals surface area contributed by atoms with Gasteiger partial charge >= 0.3 is 6.18 Å². The molecule has 5 nitrogen and oxygen atoms in total. The monoisotopic (exact) mass is 322 g/mol.